The normalized spacial score (nSPS) is 19.5. The molecule has 1 amide bonds. The quantitative estimate of drug-likeness (QED) is 0.820. The van der Waals surface area contributed by atoms with Gasteiger partial charge in [0.25, 0.3) is 0 Å². The molecule has 1 aliphatic heterocycles. The molecule has 2 aromatic rings. The van der Waals surface area contributed by atoms with Gasteiger partial charge in [-0.1, -0.05) is 17.7 Å². The maximum absolute atomic E-state index is 11.3. The molecule has 8 nitrogen and oxygen atoms in total. The minimum Gasteiger partial charge on any atom is -0.488 e. The summed E-state index contributed by atoms with van der Waals surface area (Å²) in [6.45, 7) is 2.18. The van der Waals surface area contributed by atoms with E-state index in [9.17, 15) is 19.8 Å². The highest BCUT2D eigenvalue weighted by atomic mass is 35.5. The molecule has 0 saturated carbocycles. The predicted molar refractivity (Wildman–Crippen MR) is 93.1 cm³/mol. The van der Waals surface area contributed by atoms with Crippen LogP contribution < -0.4 is 9.47 Å². The van der Waals surface area contributed by atoms with Crippen LogP contribution in [0.25, 0.3) is 10.9 Å². The number of pyridine rings is 1. The van der Waals surface area contributed by atoms with E-state index >= 15 is 0 Å². The molecule has 1 aromatic carbocycles. The number of carboxylic acids is 1. The zero-order chi connectivity index (χ0) is 18.8. The summed E-state index contributed by atoms with van der Waals surface area (Å²) in [5, 5.41) is 19.5. The molecule has 2 atom stereocenters. The molecule has 138 valence electrons. The molecule has 3 rings (SSSR count). The highest BCUT2D eigenvalue weighted by Crippen LogP contribution is 2.34. The van der Waals surface area contributed by atoms with E-state index in [0.29, 0.717) is 34.2 Å². The van der Waals surface area contributed by atoms with E-state index < -0.39 is 24.2 Å². The number of amides is 1. The molecule has 2 heterocycles. The number of para-hydroxylation sites is 1. The van der Waals surface area contributed by atoms with Gasteiger partial charge in [0.05, 0.1) is 23.7 Å². The molecule has 0 radical (unpaired) electrons. The SMILES string of the molecule is CCOc1cc(OC2CC(C(=O)O)N(C(=O)O)C2)c2cccc(Cl)c2n1. The lowest BCUT2D eigenvalue weighted by Gasteiger charge is -2.17. The standard InChI is InChI=1S/C17H17ClN2O6/c1-2-25-14-7-13(10-4-3-5-11(18)15(10)19-14)26-9-6-12(16(21)22)20(8-9)17(23)24/h3-5,7,9,12H,2,6,8H2,1H3,(H,21,22)(H,23,24). The van der Waals surface area contributed by atoms with Gasteiger partial charge < -0.3 is 19.7 Å². The van der Waals surface area contributed by atoms with Gasteiger partial charge in [-0.05, 0) is 19.1 Å². The van der Waals surface area contributed by atoms with E-state index in [-0.39, 0.29) is 13.0 Å². The fourth-order valence-electron chi connectivity index (χ4n) is 2.99. The van der Waals surface area contributed by atoms with Crippen molar-refractivity contribution in [2.75, 3.05) is 13.2 Å². The first-order valence-corrected chi connectivity index (χ1v) is 8.39. The number of benzene rings is 1. The lowest BCUT2D eigenvalue weighted by Crippen LogP contribution is -2.39. The van der Waals surface area contributed by atoms with Crippen molar-refractivity contribution < 1.29 is 29.3 Å². The first kappa shape index (κ1) is 18.1. The summed E-state index contributed by atoms with van der Waals surface area (Å²) in [7, 11) is 0. The molecule has 0 aliphatic carbocycles. The largest absolute Gasteiger partial charge is 0.488 e. The van der Waals surface area contributed by atoms with Crippen molar-refractivity contribution in [2.24, 2.45) is 0 Å². The fourth-order valence-corrected chi connectivity index (χ4v) is 3.20. The number of ether oxygens (including phenoxy) is 2. The third-order valence-corrected chi connectivity index (χ3v) is 4.41. The summed E-state index contributed by atoms with van der Waals surface area (Å²) in [6, 6.07) is 5.68. The van der Waals surface area contributed by atoms with Crippen LogP contribution in [0.5, 0.6) is 11.6 Å². The lowest BCUT2D eigenvalue weighted by atomic mass is 10.2. The van der Waals surface area contributed by atoms with Crippen molar-refractivity contribution in [3.8, 4) is 11.6 Å². The average Bonchev–Trinajstić information content (AvgIpc) is 3.01. The second-order valence-corrected chi connectivity index (χ2v) is 6.20. The molecular formula is C17H17ClN2O6. The van der Waals surface area contributed by atoms with Crippen LogP contribution in [0.15, 0.2) is 24.3 Å². The van der Waals surface area contributed by atoms with Crippen molar-refractivity contribution >= 4 is 34.6 Å². The fraction of sp³-hybridized carbons (Fsp3) is 0.353. The van der Waals surface area contributed by atoms with Crippen molar-refractivity contribution in [1.82, 2.24) is 9.88 Å². The summed E-state index contributed by atoms with van der Waals surface area (Å²) in [4.78, 5) is 27.8. The van der Waals surface area contributed by atoms with Crippen molar-refractivity contribution in [2.45, 2.75) is 25.5 Å². The minimum absolute atomic E-state index is 0.0410. The zero-order valence-corrected chi connectivity index (χ0v) is 14.6. The Morgan fingerprint density at radius 3 is 2.77 bits per heavy atom. The predicted octanol–water partition coefficient (Wildman–Crippen LogP) is 2.87. The van der Waals surface area contributed by atoms with Crippen LogP contribution in [0.3, 0.4) is 0 Å². The molecule has 1 aliphatic rings. The van der Waals surface area contributed by atoms with Gasteiger partial charge in [-0.3, -0.25) is 4.90 Å². The summed E-state index contributed by atoms with van der Waals surface area (Å²) < 4.78 is 11.4. The van der Waals surface area contributed by atoms with Gasteiger partial charge in [-0.25, -0.2) is 14.6 Å². The van der Waals surface area contributed by atoms with Gasteiger partial charge in [0.15, 0.2) is 0 Å². The average molecular weight is 381 g/mol. The third-order valence-electron chi connectivity index (χ3n) is 4.11. The third kappa shape index (κ3) is 3.45. The molecule has 1 fully saturated rings. The van der Waals surface area contributed by atoms with E-state index in [1.165, 1.54) is 0 Å². The number of aromatic nitrogens is 1. The molecule has 2 N–H and O–H groups in total. The Hall–Kier alpha value is -2.74. The molecule has 0 spiro atoms. The van der Waals surface area contributed by atoms with Crippen LogP contribution in [0.2, 0.25) is 5.02 Å². The summed E-state index contributed by atoms with van der Waals surface area (Å²) in [5.41, 5.74) is 0.498. The molecule has 2 unspecified atom stereocenters. The van der Waals surface area contributed by atoms with Crippen LogP contribution in [0.4, 0.5) is 4.79 Å². The lowest BCUT2D eigenvalue weighted by molar-refractivity contribution is -0.141. The van der Waals surface area contributed by atoms with Crippen LogP contribution >= 0.6 is 11.6 Å². The number of carbonyl (C=O) groups is 2. The van der Waals surface area contributed by atoms with Crippen LogP contribution in [0.1, 0.15) is 13.3 Å². The number of likely N-dealkylation sites (tertiary alicyclic amines) is 1. The second-order valence-electron chi connectivity index (χ2n) is 5.79. The maximum atomic E-state index is 11.3. The van der Waals surface area contributed by atoms with Crippen molar-refractivity contribution in [1.29, 1.82) is 0 Å². The number of rotatable bonds is 5. The summed E-state index contributed by atoms with van der Waals surface area (Å²) in [5.74, 6) is -0.454. The number of aliphatic carboxylic acids is 1. The van der Waals surface area contributed by atoms with Crippen molar-refractivity contribution in [3.05, 3.63) is 29.3 Å². The molecule has 0 bridgehead atoms. The number of hydrogen-bond donors (Lipinski definition) is 2. The van der Waals surface area contributed by atoms with Gasteiger partial charge in [-0.2, -0.15) is 0 Å². The van der Waals surface area contributed by atoms with Crippen LogP contribution in [-0.4, -0.2) is 57.5 Å². The smallest absolute Gasteiger partial charge is 0.408 e. The maximum Gasteiger partial charge on any atom is 0.408 e. The highest BCUT2D eigenvalue weighted by molar-refractivity contribution is 6.35. The number of hydrogen-bond acceptors (Lipinski definition) is 5. The summed E-state index contributed by atoms with van der Waals surface area (Å²) in [6.07, 6.45) is -1.84. The van der Waals surface area contributed by atoms with Gasteiger partial charge in [0, 0.05) is 17.9 Å². The van der Waals surface area contributed by atoms with Crippen LogP contribution in [0, 0.1) is 0 Å². The van der Waals surface area contributed by atoms with E-state index in [1.54, 1.807) is 24.3 Å². The topological polar surface area (TPSA) is 109 Å². The number of nitrogens with zero attached hydrogens (tertiary/aromatic N) is 2. The van der Waals surface area contributed by atoms with Crippen LogP contribution in [-0.2, 0) is 4.79 Å². The Balaban J connectivity index is 1.94. The monoisotopic (exact) mass is 380 g/mol. The Morgan fingerprint density at radius 2 is 2.15 bits per heavy atom. The Morgan fingerprint density at radius 1 is 1.38 bits per heavy atom. The van der Waals surface area contributed by atoms with Gasteiger partial charge in [0.2, 0.25) is 5.88 Å². The summed E-state index contributed by atoms with van der Waals surface area (Å²) >= 11 is 6.21. The molecule has 9 heteroatoms. The van der Waals surface area contributed by atoms with Gasteiger partial charge >= 0.3 is 12.1 Å². The van der Waals surface area contributed by atoms with E-state index in [0.717, 1.165) is 4.90 Å². The highest BCUT2D eigenvalue weighted by Gasteiger charge is 2.41. The number of carboxylic acid groups (broad SMARTS) is 2. The number of fused-ring (bicyclic) bond motifs is 1. The first-order chi connectivity index (χ1) is 12.4. The van der Waals surface area contributed by atoms with E-state index in [4.69, 9.17) is 21.1 Å². The Kier molecular flexibility index (Phi) is 5.03. The second kappa shape index (κ2) is 7.25. The Bertz CT molecular complexity index is 837. The molecule has 26 heavy (non-hydrogen) atoms. The Labute approximate surface area is 153 Å². The van der Waals surface area contributed by atoms with E-state index in [1.807, 2.05) is 6.92 Å². The molecular weight excluding hydrogens is 364 g/mol. The van der Waals surface area contributed by atoms with Gasteiger partial charge in [0.1, 0.15) is 17.9 Å². The minimum atomic E-state index is -1.29. The molecule has 1 saturated heterocycles. The van der Waals surface area contributed by atoms with Gasteiger partial charge in [-0.15, -0.1) is 0 Å². The first-order valence-electron chi connectivity index (χ1n) is 8.01. The zero-order valence-electron chi connectivity index (χ0n) is 13.9. The molecule has 1 aromatic heterocycles. The van der Waals surface area contributed by atoms with E-state index in [2.05, 4.69) is 4.98 Å². The van der Waals surface area contributed by atoms with Crippen molar-refractivity contribution in [3.63, 3.8) is 0 Å². The number of halogens is 1.